The summed E-state index contributed by atoms with van der Waals surface area (Å²) in [6.07, 6.45) is 0.711. The summed E-state index contributed by atoms with van der Waals surface area (Å²) < 4.78 is 11.8. The molecule has 0 radical (unpaired) electrons. The summed E-state index contributed by atoms with van der Waals surface area (Å²) in [5.41, 5.74) is 0.795. The van der Waals surface area contributed by atoms with Crippen LogP contribution < -0.4 is 10.1 Å². The number of aromatic nitrogens is 2. The minimum absolute atomic E-state index is 0.477. The van der Waals surface area contributed by atoms with Gasteiger partial charge < -0.3 is 14.5 Å². The number of likely N-dealkylation sites (N-methyl/N-ethyl adjacent to an activating group) is 1. The molecule has 1 heterocycles. The molecule has 0 fully saturated rings. The van der Waals surface area contributed by atoms with E-state index in [1.807, 2.05) is 25.2 Å². The molecule has 18 heavy (non-hydrogen) atoms. The van der Waals surface area contributed by atoms with E-state index in [-0.39, 0.29) is 0 Å². The van der Waals surface area contributed by atoms with E-state index < -0.39 is 0 Å². The van der Waals surface area contributed by atoms with Crippen LogP contribution in [-0.4, -0.2) is 30.9 Å². The van der Waals surface area contributed by atoms with Crippen LogP contribution in [0.3, 0.4) is 0 Å². The zero-order chi connectivity index (χ0) is 13.0. The van der Waals surface area contributed by atoms with E-state index in [2.05, 4.69) is 31.4 Å². The van der Waals surface area contributed by atoms with Crippen molar-refractivity contribution in [3.8, 4) is 17.2 Å². The predicted molar refractivity (Wildman–Crippen MR) is 71.6 cm³/mol. The molecule has 2 rings (SSSR count). The van der Waals surface area contributed by atoms with Crippen molar-refractivity contribution in [3.05, 3.63) is 28.6 Å². The molecule has 0 atom stereocenters. The van der Waals surface area contributed by atoms with Crippen molar-refractivity contribution in [1.29, 1.82) is 0 Å². The van der Waals surface area contributed by atoms with Crippen LogP contribution in [0.1, 0.15) is 5.89 Å². The fraction of sp³-hybridized carbons (Fsp3) is 0.333. The Morgan fingerprint density at radius 2 is 2.22 bits per heavy atom. The highest BCUT2D eigenvalue weighted by molar-refractivity contribution is 9.10. The molecule has 1 aromatic heterocycles. The lowest BCUT2D eigenvalue weighted by molar-refractivity contribution is 0.413. The number of ether oxygens (including phenoxy) is 1. The van der Waals surface area contributed by atoms with Crippen molar-refractivity contribution in [2.24, 2.45) is 0 Å². The molecule has 1 N–H and O–H groups in total. The second-order valence-corrected chi connectivity index (χ2v) is 4.61. The molecule has 0 saturated heterocycles. The van der Waals surface area contributed by atoms with Crippen LogP contribution in [0, 0.1) is 0 Å². The van der Waals surface area contributed by atoms with Gasteiger partial charge in [0.2, 0.25) is 5.89 Å². The third-order valence-corrected chi connectivity index (χ3v) is 2.94. The Bertz CT molecular complexity index is 528. The Kier molecular flexibility index (Phi) is 4.33. The van der Waals surface area contributed by atoms with Gasteiger partial charge in [-0.2, -0.15) is 0 Å². The molecule has 0 unspecified atom stereocenters. The molecule has 0 aliphatic heterocycles. The molecular formula is C12H14BrN3O2. The maximum absolute atomic E-state index is 5.60. The standard InChI is InChI=1S/C12H14BrN3O2/c1-14-6-5-11-15-16-12(18-11)9-4-3-8(13)7-10(9)17-2/h3-4,7,14H,5-6H2,1-2H3. The first kappa shape index (κ1) is 13.0. The average molecular weight is 312 g/mol. The van der Waals surface area contributed by atoms with Gasteiger partial charge in [0.05, 0.1) is 12.7 Å². The highest BCUT2D eigenvalue weighted by atomic mass is 79.9. The van der Waals surface area contributed by atoms with Crippen molar-refractivity contribution >= 4 is 15.9 Å². The van der Waals surface area contributed by atoms with Crippen molar-refractivity contribution in [2.75, 3.05) is 20.7 Å². The summed E-state index contributed by atoms with van der Waals surface area (Å²) in [4.78, 5) is 0. The summed E-state index contributed by atoms with van der Waals surface area (Å²) >= 11 is 3.39. The van der Waals surface area contributed by atoms with Crippen LogP contribution >= 0.6 is 15.9 Å². The van der Waals surface area contributed by atoms with E-state index in [4.69, 9.17) is 9.15 Å². The maximum Gasteiger partial charge on any atom is 0.251 e. The number of rotatable bonds is 5. The van der Waals surface area contributed by atoms with Gasteiger partial charge in [0, 0.05) is 17.4 Å². The number of hydrogen-bond acceptors (Lipinski definition) is 5. The van der Waals surface area contributed by atoms with Gasteiger partial charge in [-0.1, -0.05) is 15.9 Å². The highest BCUT2D eigenvalue weighted by Gasteiger charge is 2.13. The quantitative estimate of drug-likeness (QED) is 0.918. The van der Waals surface area contributed by atoms with E-state index >= 15 is 0 Å². The number of halogens is 1. The normalized spacial score (nSPS) is 10.6. The zero-order valence-electron chi connectivity index (χ0n) is 10.2. The van der Waals surface area contributed by atoms with E-state index in [0.717, 1.165) is 16.6 Å². The molecule has 1 aromatic carbocycles. The third kappa shape index (κ3) is 2.88. The fourth-order valence-corrected chi connectivity index (χ4v) is 1.88. The molecule has 0 amide bonds. The Morgan fingerprint density at radius 3 is 2.94 bits per heavy atom. The van der Waals surface area contributed by atoms with Crippen LogP contribution in [0.5, 0.6) is 5.75 Å². The van der Waals surface area contributed by atoms with Gasteiger partial charge in [-0.25, -0.2) is 0 Å². The number of nitrogens with one attached hydrogen (secondary N) is 1. The van der Waals surface area contributed by atoms with Crippen molar-refractivity contribution < 1.29 is 9.15 Å². The largest absolute Gasteiger partial charge is 0.496 e. The number of benzene rings is 1. The molecule has 0 aliphatic carbocycles. The van der Waals surface area contributed by atoms with Crippen molar-refractivity contribution in [3.63, 3.8) is 0 Å². The summed E-state index contributed by atoms with van der Waals surface area (Å²) in [5.74, 6) is 1.79. The molecule has 96 valence electrons. The van der Waals surface area contributed by atoms with Gasteiger partial charge in [0.1, 0.15) is 5.75 Å². The second-order valence-electron chi connectivity index (χ2n) is 3.70. The second kappa shape index (κ2) is 5.97. The topological polar surface area (TPSA) is 60.2 Å². The van der Waals surface area contributed by atoms with Crippen LogP contribution in [0.25, 0.3) is 11.5 Å². The minimum atomic E-state index is 0.477. The van der Waals surface area contributed by atoms with E-state index in [0.29, 0.717) is 24.0 Å². The Balaban J connectivity index is 2.28. The zero-order valence-corrected chi connectivity index (χ0v) is 11.8. The average Bonchev–Trinajstić information content (AvgIpc) is 2.84. The monoisotopic (exact) mass is 311 g/mol. The summed E-state index contributed by atoms with van der Waals surface area (Å²) in [6.45, 7) is 0.805. The molecular weight excluding hydrogens is 298 g/mol. The van der Waals surface area contributed by atoms with Gasteiger partial charge >= 0.3 is 0 Å². The van der Waals surface area contributed by atoms with Crippen LogP contribution in [-0.2, 0) is 6.42 Å². The smallest absolute Gasteiger partial charge is 0.251 e. The first-order valence-electron chi connectivity index (χ1n) is 5.55. The predicted octanol–water partition coefficient (Wildman–Crippen LogP) is 2.27. The van der Waals surface area contributed by atoms with Crippen molar-refractivity contribution in [2.45, 2.75) is 6.42 Å². The van der Waals surface area contributed by atoms with Gasteiger partial charge in [-0.3, -0.25) is 0 Å². The van der Waals surface area contributed by atoms with Gasteiger partial charge in [0.25, 0.3) is 5.89 Å². The van der Waals surface area contributed by atoms with Crippen LogP contribution in [0.15, 0.2) is 27.1 Å². The van der Waals surface area contributed by atoms with Crippen LogP contribution in [0.4, 0.5) is 0 Å². The molecule has 0 bridgehead atoms. The van der Waals surface area contributed by atoms with Gasteiger partial charge in [0.15, 0.2) is 0 Å². The Morgan fingerprint density at radius 1 is 1.39 bits per heavy atom. The lowest BCUT2D eigenvalue weighted by Gasteiger charge is -2.04. The molecule has 0 aliphatic rings. The molecule has 6 heteroatoms. The first-order valence-corrected chi connectivity index (χ1v) is 6.34. The molecule has 0 saturated carbocycles. The lowest BCUT2D eigenvalue weighted by atomic mass is 10.2. The summed E-state index contributed by atoms with van der Waals surface area (Å²) in [6, 6.07) is 5.67. The molecule has 0 spiro atoms. The lowest BCUT2D eigenvalue weighted by Crippen LogP contribution is -2.10. The van der Waals surface area contributed by atoms with E-state index in [1.54, 1.807) is 7.11 Å². The Labute approximate surface area is 114 Å². The Hall–Kier alpha value is -1.40. The fourth-order valence-electron chi connectivity index (χ4n) is 1.54. The summed E-state index contributed by atoms with van der Waals surface area (Å²) in [5, 5.41) is 11.1. The highest BCUT2D eigenvalue weighted by Crippen LogP contribution is 2.31. The van der Waals surface area contributed by atoms with E-state index in [9.17, 15) is 0 Å². The van der Waals surface area contributed by atoms with Gasteiger partial charge in [-0.05, 0) is 25.2 Å². The number of hydrogen-bond donors (Lipinski definition) is 1. The number of nitrogens with zero attached hydrogens (tertiary/aromatic N) is 2. The van der Waals surface area contributed by atoms with E-state index in [1.165, 1.54) is 0 Å². The molecule has 2 aromatic rings. The maximum atomic E-state index is 5.60. The minimum Gasteiger partial charge on any atom is -0.496 e. The van der Waals surface area contributed by atoms with Crippen molar-refractivity contribution in [1.82, 2.24) is 15.5 Å². The number of methoxy groups -OCH3 is 1. The third-order valence-electron chi connectivity index (χ3n) is 2.45. The first-order chi connectivity index (χ1) is 8.74. The SMILES string of the molecule is CNCCc1nnc(-c2ccc(Br)cc2OC)o1. The van der Waals surface area contributed by atoms with Gasteiger partial charge in [-0.15, -0.1) is 10.2 Å². The summed E-state index contributed by atoms with van der Waals surface area (Å²) in [7, 11) is 3.50. The van der Waals surface area contributed by atoms with Crippen LogP contribution in [0.2, 0.25) is 0 Å². The molecule has 5 nitrogen and oxygen atoms in total.